The van der Waals surface area contributed by atoms with Gasteiger partial charge in [-0.25, -0.2) is 9.18 Å². The zero-order chi connectivity index (χ0) is 16.3. The number of halogens is 1. The number of hydrogen-bond acceptors (Lipinski definition) is 4. The summed E-state index contributed by atoms with van der Waals surface area (Å²) in [6.45, 7) is 3.85. The zero-order valence-electron chi connectivity index (χ0n) is 12.4. The third-order valence-corrected chi connectivity index (χ3v) is 3.27. The van der Waals surface area contributed by atoms with Crippen molar-refractivity contribution in [1.82, 2.24) is 0 Å². The van der Waals surface area contributed by atoms with E-state index in [-0.39, 0.29) is 12.5 Å². The van der Waals surface area contributed by atoms with Crippen LogP contribution < -0.4 is 10.6 Å². The van der Waals surface area contributed by atoms with Crippen molar-refractivity contribution in [1.29, 1.82) is 0 Å². The van der Waals surface area contributed by atoms with Gasteiger partial charge in [0, 0.05) is 6.04 Å². The minimum Gasteiger partial charge on any atom is -0.479 e. The molecule has 1 aromatic carbocycles. The molecule has 1 aromatic rings. The zero-order valence-corrected chi connectivity index (χ0v) is 12.4. The van der Waals surface area contributed by atoms with Crippen LogP contribution in [-0.4, -0.2) is 35.2 Å². The second-order valence-corrected chi connectivity index (χ2v) is 5.51. The molecule has 120 valence electrons. The summed E-state index contributed by atoms with van der Waals surface area (Å²) < 4.78 is 18.6. The number of aliphatic carboxylic acids is 1. The largest absolute Gasteiger partial charge is 0.479 e. The van der Waals surface area contributed by atoms with Gasteiger partial charge in [-0.3, -0.25) is 4.79 Å². The van der Waals surface area contributed by atoms with Crippen molar-refractivity contribution in [2.45, 2.75) is 44.9 Å². The lowest BCUT2D eigenvalue weighted by molar-refractivity contribution is -0.150. The predicted octanol–water partition coefficient (Wildman–Crippen LogP) is 2.22. The van der Waals surface area contributed by atoms with E-state index in [1.165, 1.54) is 12.1 Å². The summed E-state index contributed by atoms with van der Waals surface area (Å²) in [5, 5.41) is 14.6. The van der Waals surface area contributed by atoms with Gasteiger partial charge < -0.3 is 20.5 Å². The van der Waals surface area contributed by atoms with Crippen molar-refractivity contribution >= 4 is 23.3 Å². The number of anilines is 2. The summed E-state index contributed by atoms with van der Waals surface area (Å²) in [7, 11) is 0. The molecule has 0 aliphatic carbocycles. The molecule has 7 heteroatoms. The molecular weight excluding hydrogens is 291 g/mol. The van der Waals surface area contributed by atoms with E-state index < -0.39 is 29.9 Å². The Kier molecular flexibility index (Phi) is 4.97. The summed E-state index contributed by atoms with van der Waals surface area (Å²) in [5.74, 6) is -2.02. The fraction of sp³-hybridized carbons (Fsp3) is 0.467. The molecule has 1 amide bonds. The fourth-order valence-electron chi connectivity index (χ4n) is 2.28. The SMILES string of the molecule is CC(C)Nc1ccc(F)cc1NC(=O)[C@@H]1CC[C@H](C(=O)O)O1. The maximum atomic E-state index is 13.4. The van der Waals surface area contributed by atoms with Gasteiger partial charge in [0.1, 0.15) is 11.9 Å². The Morgan fingerprint density at radius 3 is 2.55 bits per heavy atom. The summed E-state index contributed by atoms with van der Waals surface area (Å²) in [4.78, 5) is 23.0. The van der Waals surface area contributed by atoms with E-state index in [9.17, 15) is 14.0 Å². The molecule has 2 rings (SSSR count). The lowest BCUT2D eigenvalue weighted by atomic mass is 10.1. The van der Waals surface area contributed by atoms with Crippen LogP contribution in [0, 0.1) is 5.82 Å². The van der Waals surface area contributed by atoms with E-state index in [0.717, 1.165) is 0 Å². The van der Waals surface area contributed by atoms with E-state index in [0.29, 0.717) is 17.8 Å². The Bertz CT molecular complexity index is 577. The molecule has 0 spiro atoms. The van der Waals surface area contributed by atoms with E-state index >= 15 is 0 Å². The van der Waals surface area contributed by atoms with Crippen LogP contribution in [0.3, 0.4) is 0 Å². The summed E-state index contributed by atoms with van der Waals surface area (Å²) >= 11 is 0. The van der Waals surface area contributed by atoms with Crippen LogP contribution >= 0.6 is 0 Å². The molecule has 1 fully saturated rings. The van der Waals surface area contributed by atoms with E-state index in [2.05, 4.69) is 10.6 Å². The topological polar surface area (TPSA) is 87.7 Å². The molecule has 1 saturated heterocycles. The Hall–Kier alpha value is -2.15. The van der Waals surface area contributed by atoms with Gasteiger partial charge in [-0.05, 0) is 44.9 Å². The average molecular weight is 310 g/mol. The van der Waals surface area contributed by atoms with Gasteiger partial charge in [0.05, 0.1) is 11.4 Å². The quantitative estimate of drug-likeness (QED) is 0.776. The average Bonchev–Trinajstić information content (AvgIpc) is 2.91. The Morgan fingerprint density at radius 1 is 1.27 bits per heavy atom. The normalized spacial score (nSPS) is 20.9. The monoisotopic (exact) mass is 310 g/mol. The molecule has 0 aromatic heterocycles. The van der Waals surface area contributed by atoms with Crippen LogP contribution in [-0.2, 0) is 14.3 Å². The standard InChI is InChI=1S/C15H19FN2O4/c1-8(2)17-10-4-3-9(16)7-11(10)18-14(19)12-5-6-13(22-12)15(20)21/h3-4,7-8,12-13,17H,5-6H2,1-2H3,(H,18,19)(H,20,21)/t12-,13+/m0/s1. The molecule has 22 heavy (non-hydrogen) atoms. The summed E-state index contributed by atoms with van der Waals surface area (Å²) in [6, 6.07) is 4.17. The van der Waals surface area contributed by atoms with Gasteiger partial charge in [-0.2, -0.15) is 0 Å². The molecule has 1 aliphatic heterocycles. The lowest BCUT2D eigenvalue weighted by Crippen LogP contribution is -2.30. The van der Waals surface area contributed by atoms with E-state index in [4.69, 9.17) is 9.84 Å². The van der Waals surface area contributed by atoms with E-state index in [1.807, 2.05) is 13.8 Å². The molecule has 1 aliphatic rings. The highest BCUT2D eigenvalue weighted by Gasteiger charge is 2.34. The highest BCUT2D eigenvalue weighted by atomic mass is 19.1. The number of carbonyl (C=O) groups excluding carboxylic acids is 1. The summed E-state index contributed by atoms with van der Waals surface area (Å²) in [6.07, 6.45) is -1.19. The van der Waals surface area contributed by atoms with Crippen LogP contribution in [0.15, 0.2) is 18.2 Å². The van der Waals surface area contributed by atoms with Gasteiger partial charge in [-0.1, -0.05) is 0 Å². The maximum absolute atomic E-state index is 13.4. The van der Waals surface area contributed by atoms with Gasteiger partial charge in [0.25, 0.3) is 5.91 Å². The molecular formula is C15H19FN2O4. The van der Waals surface area contributed by atoms with Crippen molar-refractivity contribution in [3.8, 4) is 0 Å². The molecule has 3 N–H and O–H groups in total. The van der Waals surface area contributed by atoms with Crippen LogP contribution in [0.2, 0.25) is 0 Å². The third kappa shape index (κ3) is 3.94. The Morgan fingerprint density at radius 2 is 1.95 bits per heavy atom. The number of carboxylic acid groups (broad SMARTS) is 1. The first kappa shape index (κ1) is 16.2. The Balaban J connectivity index is 2.08. The van der Waals surface area contributed by atoms with Crippen molar-refractivity contribution in [2.75, 3.05) is 10.6 Å². The lowest BCUT2D eigenvalue weighted by Gasteiger charge is -2.17. The van der Waals surface area contributed by atoms with Gasteiger partial charge in [0.15, 0.2) is 6.10 Å². The Labute approximate surface area is 127 Å². The first-order valence-electron chi connectivity index (χ1n) is 7.12. The molecule has 1 heterocycles. The fourth-order valence-corrected chi connectivity index (χ4v) is 2.28. The number of nitrogens with one attached hydrogen (secondary N) is 2. The van der Waals surface area contributed by atoms with Gasteiger partial charge in [0.2, 0.25) is 0 Å². The van der Waals surface area contributed by atoms with Crippen molar-refractivity contribution in [3.63, 3.8) is 0 Å². The third-order valence-electron chi connectivity index (χ3n) is 3.27. The minimum absolute atomic E-state index is 0.111. The molecule has 2 atom stereocenters. The molecule has 6 nitrogen and oxygen atoms in total. The smallest absolute Gasteiger partial charge is 0.332 e. The number of ether oxygens (including phenoxy) is 1. The predicted molar refractivity (Wildman–Crippen MR) is 79.3 cm³/mol. The number of benzene rings is 1. The number of carboxylic acids is 1. The van der Waals surface area contributed by atoms with E-state index in [1.54, 1.807) is 6.07 Å². The number of hydrogen-bond donors (Lipinski definition) is 3. The van der Waals surface area contributed by atoms with Gasteiger partial charge in [-0.15, -0.1) is 0 Å². The second-order valence-electron chi connectivity index (χ2n) is 5.51. The number of amides is 1. The molecule has 0 radical (unpaired) electrons. The molecule has 0 unspecified atom stereocenters. The van der Waals surface area contributed by atoms with Crippen LogP contribution in [0.5, 0.6) is 0 Å². The van der Waals surface area contributed by atoms with Gasteiger partial charge >= 0.3 is 5.97 Å². The molecule has 0 saturated carbocycles. The summed E-state index contributed by atoms with van der Waals surface area (Å²) in [5.41, 5.74) is 0.901. The van der Waals surface area contributed by atoms with Crippen molar-refractivity contribution in [2.24, 2.45) is 0 Å². The highest BCUT2D eigenvalue weighted by molar-refractivity contribution is 5.97. The second kappa shape index (κ2) is 6.74. The first-order valence-corrected chi connectivity index (χ1v) is 7.12. The molecule has 0 bridgehead atoms. The van der Waals surface area contributed by atoms with Crippen LogP contribution in [0.25, 0.3) is 0 Å². The van der Waals surface area contributed by atoms with Crippen molar-refractivity contribution in [3.05, 3.63) is 24.0 Å². The number of rotatable bonds is 5. The maximum Gasteiger partial charge on any atom is 0.332 e. The van der Waals surface area contributed by atoms with Crippen molar-refractivity contribution < 1.29 is 23.8 Å². The first-order chi connectivity index (χ1) is 10.4. The number of carbonyl (C=O) groups is 2. The highest BCUT2D eigenvalue weighted by Crippen LogP contribution is 2.26. The minimum atomic E-state index is -1.08. The van der Waals surface area contributed by atoms with Crippen LogP contribution in [0.4, 0.5) is 15.8 Å². The van der Waals surface area contributed by atoms with Crippen LogP contribution in [0.1, 0.15) is 26.7 Å².